The molecule has 15 heavy (non-hydrogen) atoms. The minimum Gasteiger partial charge on any atom is -0.313 e. The maximum atomic E-state index is 8.38. The number of nitrogens with zero attached hydrogens (tertiary/aromatic N) is 3. The molecule has 4 nitrogen and oxygen atoms in total. The third kappa shape index (κ3) is 3.07. The minimum absolute atomic E-state index is 0.623. The molecule has 1 aromatic rings. The summed E-state index contributed by atoms with van der Waals surface area (Å²) in [5.41, 5.74) is 3.57. The highest BCUT2D eigenvalue weighted by Crippen LogP contribution is 2.10. The van der Waals surface area contributed by atoms with Gasteiger partial charge in [-0.2, -0.15) is 10.4 Å². The Hall–Kier alpha value is -1.34. The molecule has 1 rings (SSSR count). The summed E-state index contributed by atoms with van der Waals surface area (Å²) in [7, 11) is 1.96. The first-order valence-electron chi connectivity index (χ1n) is 5.23. The largest absolute Gasteiger partial charge is 0.313 e. The van der Waals surface area contributed by atoms with Gasteiger partial charge >= 0.3 is 0 Å². The highest BCUT2D eigenvalue weighted by Gasteiger charge is 2.07. The topological polar surface area (TPSA) is 53.6 Å². The molecule has 1 N–H and O–H groups in total. The Morgan fingerprint density at radius 1 is 1.47 bits per heavy atom. The standard InChI is InChI=1S/C11H18N4/c1-9-11(10(2)15(3)14-9)8-13-7-5-4-6-12/h13H,4-5,7-8H2,1-3H3. The van der Waals surface area contributed by atoms with Crippen LogP contribution in [0, 0.1) is 25.2 Å². The zero-order valence-corrected chi connectivity index (χ0v) is 9.67. The van der Waals surface area contributed by atoms with E-state index in [4.69, 9.17) is 5.26 Å². The predicted octanol–water partition coefficient (Wildman–Crippen LogP) is 1.43. The van der Waals surface area contributed by atoms with Crippen molar-refractivity contribution >= 4 is 0 Å². The van der Waals surface area contributed by atoms with Crippen molar-refractivity contribution in [2.24, 2.45) is 7.05 Å². The van der Waals surface area contributed by atoms with E-state index < -0.39 is 0 Å². The van der Waals surface area contributed by atoms with E-state index in [1.807, 2.05) is 18.7 Å². The van der Waals surface area contributed by atoms with E-state index >= 15 is 0 Å². The number of hydrogen-bond acceptors (Lipinski definition) is 3. The van der Waals surface area contributed by atoms with Crippen molar-refractivity contribution in [1.82, 2.24) is 15.1 Å². The summed E-state index contributed by atoms with van der Waals surface area (Å²) in [6.45, 7) is 5.84. The van der Waals surface area contributed by atoms with Crippen LogP contribution in [0.15, 0.2) is 0 Å². The van der Waals surface area contributed by atoms with Crippen molar-refractivity contribution in [3.8, 4) is 6.07 Å². The summed E-state index contributed by atoms with van der Waals surface area (Å²) in [4.78, 5) is 0. The van der Waals surface area contributed by atoms with Crippen molar-refractivity contribution in [3.63, 3.8) is 0 Å². The van der Waals surface area contributed by atoms with Crippen LogP contribution < -0.4 is 5.32 Å². The van der Waals surface area contributed by atoms with Gasteiger partial charge in [0.1, 0.15) is 0 Å². The van der Waals surface area contributed by atoms with E-state index in [9.17, 15) is 0 Å². The third-order valence-corrected chi connectivity index (χ3v) is 2.60. The van der Waals surface area contributed by atoms with Crippen LogP contribution in [0.5, 0.6) is 0 Å². The highest BCUT2D eigenvalue weighted by atomic mass is 15.3. The van der Waals surface area contributed by atoms with Gasteiger partial charge in [-0.3, -0.25) is 4.68 Å². The lowest BCUT2D eigenvalue weighted by Gasteiger charge is -2.03. The second kappa shape index (κ2) is 5.52. The average Bonchev–Trinajstić information content (AvgIpc) is 2.44. The summed E-state index contributed by atoms with van der Waals surface area (Å²) in [5.74, 6) is 0. The van der Waals surface area contributed by atoms with Crippen LogP contribution >= 0.6 is 0 Å². The Morgan fingerprint density at radius 3 is 2.73 bits per heavy atom. The monoisotopic (exact) mass is 206 g/mol. The van der Waals surface area contributed by atoms with Crippen LogP contribution in [-0.2, 0) is 13.6 Å². The molecule has 0 amide bonds. The van der Waals surface area contributed by atoms with Gasteiger partial charge in [0.25, 0.3) is 0 Å². The molecule has 0 saturated heterocycles. The lowest BCUT2D eigenvalue weighted by Crippen LogP contribution is -2.15. The zero-order valence-electron chi connectivity index (χ0n) is 9.67. The molecule has 82 valence electrons. The van der Waals surface area contributed by atoms with Crippen molar-refractivity contribution < 1.29 is 0 Å². The Balaban J connectivity index is 2.41. The second-order valence-electron chi connectivity index (χ2n) is 3.71. The minimum atomic E-state index is 0.623. The number of aryl methyl sites for hydroxylation is 2. The maximum absolute atomic E-state index is 8.38. The normalized spacial score (nSPS) is 10.3. The van der Waals surface area contributed by atoms with Gasteiger partial charge < -0.3 is 5.32 Å². The average molecular weight is 206 g/mol. The predicted molar refractivity (Wildman–Crippen MR) is 59.2 cm³/mol. The number of nitrogens with one attached hydrogen (secondary N) is 1. The van der Waals surface area contributed by atoms with E-state index in [1.54, 1.807) is 0 Å². The highest BCUT2D eigenvalue weighted by molar-refractivity contribution is 5.23. The number of unbranched alkanes of at least 4 members (excludes halogenated alkanes) is 1. The molecular weight excluding hydrogens is 188 g/mol. The molecule has 1 heterocycles. The Morgan fingerprint density at radius 2 is 2.20 bits per heavy atom. The second-order valence-corrected chi connectivity index (χ2v) is 3.71. The molecule has 0 spiro atoms. The molecule has 0 aliphatic heterocycles. The summed E-state index contributed by atoms with van der Waals surface area (Å²) < 4.78 is 1.90. The van der Waals surface area contributed by atoms with E-state index in [0.717, 1.165) is 25.2 Å². The molecule has 1 aromatic heterocycles. The van der Waals surface area contributed by atoms with Crippen LogP contribution in [0.25, 0.3) is 0 Å². The fraction of sp³-hybridized carbons (Fsp3) is 0.636. The summed E-state index contributed by atoms with van der Waals surface area (Å²) in [5, 5.41) is 16.1. The Labute approximate surface area is 90.9 Å². The SMILES string of the molecule is Cc1nn(C)c(C)c1CNCCCC#N. The third-order valence-electron chi connectivity index (χ3n) is 2.60. The van der Waals surface area contributed by atoms with Gasteiger partial charge in [-0.05, 0) is 26.8 Å². The molecule has 0 atom stereocenters. The van der Waals surface area contributed by atoms with E-state index in [0.29, 0.717) is 6.42 Å². The van der Waals surface area contributed by atoms with E-state index in [2.05, 4.69) is 23.4 Å². The molecule has 0 aromatic carbocycles. The van der Waals surface area contributed by atoms with Gasteiger partial charge in [-0.25, -0.2) is 0 Å². The van der Waals surface area contributed by atoms with Crippen LogP contribution in [0.4, 0.5) is 0 Å². The molecule has 0 aliphatic carbocycles. The molecule has 0 radical (unpaired) electrons. The summed E-state index contributed by atoms with van der Waals surface area (Å²) in [6, 6.07) is 2.14. The lowest BCUT2D eigenvalue weighted by atomic mass is 10.2. The molecule has 0 fully saturated rings. The smallest absolute Gasteiger partial charge is 0.0641 e. The van der Waals surface area contributed by atoms with Gasteiger partial charge in [0, 0.05) is 31.3 Å². The first kappa shape index (κ1) is 11.7. The maximum Gasteiger partial charge on any atom is 0.0641 e. The van der Waals surface area contributed by atoms with Crippen LogP contribution in [0.1, 0.15) is 29.8 Å². The molecule has 0 saturated carbocycles. The first-order valence-corrected chi connectivity index (χ1v) is 5.23. The van der Waals surface area contributed by atoms with Gasteiger partial charge in [0.2, 0.25) is 0 Å². The Bertz CT molecular complexity index is 359. The number of hydrogen-bond donors (Lipinski definition) is 1. The van der Waals surface area contributed by atoms with Crippen molar-refractivity contribution in [1.29, 1.82) is 5.26 Å². The number of nitriles is 1. The van der Waals surface area contributed by atoms with Crippen LogP contribution in [-0.4, -0.2) is 16.3 Å². The van der Waals surface area contributed by atoms with Gasteiger partial charge in [-0.15, -0.1) is 0 Å². The van der Waals surface area contributed by atoms with E-state index in [1.165, 1.54) is 11.3 Å². The molecular formula is C11H18N4. The first-order chi connectivity index (χ1) is 7.16. The molecule has 4 heteroatoms. The molecule has 0 unspecified atom stereocenters. The van der Waals surface area contributed by atoms with E-state index in [-0.39, 0.29) is 0 Å². The van der Waals surface area contributed by atoms with Crippen molar-refractivity contribution in [2.75, 3.05) is 6.54 Å². The van der Waals surface area contributed by atoms with Gasteiger partial charge in [0.05, 0.1) is 11.8 Å². The van der Waals surface area contributed by atoms with Gasteiger partial charge in [0.15, 0.2) is 0 Å². The van der Waals surface area contributed by atoms with Crippen molar-refractivity contribution in [3.05, 3.63) is 17.0 Å². The number of aromatic nitrogens is 2. The van der Waals surface area contributed by atoms with Crippen LogP contribution in [0.3, 0.4) is 0 Å². The summed E-state index contributed by atoms with van der Waals surface area (Å²) in [6.07, 6.45) is 1.53. The van der Waals surface area contributed by atoms with Crippen LogP contribution in [0.2, 0.25) is 0 Å². The quantitative estimate of drug-likeness (QED) is 0.741. The fourth-order valence-corrected chi connectivity index (χ4v) is 1.58. The zero-order chi connectivity index (χ0) is 11.3. The number of rotatable bonds is 5. The lowest BCUT2D eigenvalue weighted by molar-refractivity contribution is 0.652. The summed E-state index contributed by atoms with van der Waals surface area (Å²) >= 11 is 0. The molecule has 0 aliphatic rings. The fourth-order valence-electron chi connectivity index (χ4n) is 1.58. The van der Waals surface area contributed by atoms with Gasteiger partial charge in [-0.1, -0.05) is 0 Å². The molecule has 0 bridgehead atoms. The van der Waals surface area contributed by atoms with Crippen molar-refractivity contribution in [2.45, 2.75) is 33.2 Å². The Kier molecular flexibility index (Phi) is 4.32.